The Hall–Kier alpha value is -1.14. The van der Waals surface area contributed by atoms with E-state index >= 15 is 0 Å². The highest BCUT2D eigenvalue weighted by molar-refractivity contribution is 7.82. The van der Waals surface area contributed by atoms with Crippen LogP contribution in [0.2, 0.25) is 0 Å². The summed E-state index contributed by atoms with van der Waals surface area (Å²) in [7, 11) is -2.00. The van der Waals surface area contributed by atoms with Crippen molar-refractivity contribution in [2.45, 2.75) is 113 Å². The zero-order valence-electron chi connectivity index (χ0n) is 18.7. The van der Waals surface area contributed by atoms with E-state index in [9.17, 15) is 22.0 Å². The van der Waals surface area contributed by atoms with Gasteiger partial charge in [-0.2, -0.15) is 0 Å². The quantitative estimate of drug-likeness (QED) is 0.136. The Morgan fingerprint density at radius 3 is 1.12 bits per heavy atom. The van der Waals surface area contributed by atoms with E-state index in [-0.39, 0.29) is 0 Å². The van der Waals surface area contributed by atoms with Gasteiger partial charge >= 0.3 is 0 Å². The summed E-state index contributed by atoms with van der Waals surface area (Å²) in [4.78, 5) is 0. The summed E-state index contributed by atoms with van der Waals surface area (Å²) < 4.78 is 70.3. The van der Waals surface area contributed by atoms with Crippen molar-refractivity contribution < 1.29 is 22.0 Å². The molecule has 0 N–H and O–H groups in total. The van der Waals surface area contributed by atoms with Crippen molar-refractivity contribution in [3.63, 3.8) is 0 Å². The van der Waals surface area contributed by atoms with Crippen LogP contribution in [0, 0.1) is 40.7 Å². The third-order valence-corrected chi connectivity index (χ3v) is 13.8. The molecule has 0 aromatic heterocycles. The van der Waals surface area contributed by atoms with Gasteiger partial charge in [-0.3, -0.25) is 0 Å². The molecule has 1 aromatic carbocycles. The van der Waals surface area contributed by atoms with E-state index in [4.69, 9.17) is 0 Å². The minimum atomic E-state index is -2.11. The predicted molar refractivity (Wildman–Crippen MR) is 121 cm³/mol. The SMILES string of the molecule is Fc1c(F)c(F)c(C#C[P+](C2CCCCC2)(C2CCCCC2)C2CCCCC2)c(F)c1F. The first-order valence-electron chi connectivity index (χ1n) is 12.4. The van der Waals surface area contributed by atoms with E-state index in [1.54, 1.807) is 0 Å². The monoisotopic (exact) mass is 471 g/mol. The molecule has 0 nitrogen and oxygen atoms in total. The molecule has 176 valence electrons. The lowest BCUT2D eigenvalue weighted by atomic mass is 9.99. The second-order valence-corrected chi connectivity index (χ2v) is 14.0. The maximum absolute atomic E-state index is 14.5. The van der Waals surface area contributed by atoms with E-state index in [1.165, 1.54) is 19.3 Å². The first-order valence-corrected chi connectivity index (χ1v) is 14.4. The molecule has 0 spiro atoms. The summed E-state index contributed by atoms with van der Waals surface area (Å²) in [5.74, 6) is -6.86. The Kier molecular flexibility index (Phi) is 7.81. The highest BCUT2D eigenvalue weighted by Crippen LogP contribution is 2.76. The highest BCUT2D eigenvalue weighted by Gasteiger charge is 2.57. The second-order valence-electron chi connectivity index (χ2n) is 9.89. The van der Waals surface area contributed by atoms with Crippen molar-refractivity contribution in [1.29, 1.82) is 0 Å². The Morgan fingerprint density at radius 1 is 0.469 bits per heavy atom. The van der Waals surface area contributed by atoms with E-state index in [0.29, 0.717) is 17.0 Å². The Bertz CT molecular complexity index is 794. The van der Waals surface area contributed by atoms with Crippen LogP contribution in [0.1, 0.15) is 102 Å². The molecule has 0 radical (unpaired) electrons. The molecule has 3 aliphatic carbocycles. The van der Waals surface area contributed by atoms with Crippen LogP contribution >= 0.6 is 7.26 Å². The molecule has 4 rings (SSSR count). The lowest BCUT2D eigenvalue weighted by molar-refractivity contribution is 0.376. The Balaban J connectivity index is 1.86. The summed E-state index contributed by atoms with van der Waals surface area (Å²) in [5, 5.41) is 0. The standard InChI is InChI=1S/C26H33F5P/c27-22-21(23(28)25(30)26(31)24(22)29)16-17-32(18-10-4-1-5-11-18,19-12-6-2-7-13-19)20-14-8-3-9-15-20/h18-20H,1-15H2/q+1. The van der Waals surface area contributed by atoms with Gasteiger partial charge in [-0.1, -0.05) is 19.3 Å². The third kappa shape index (κ3) is 4.46. The van der Waals surface area contributed by atoms with Crippen molar-refractivity contribution in [2.24, 2.45) is 0 Å². The van der Waals surface area contributed by atoms with Gasteiger partial charge in [-0.15, -0.1) is 0 Å². The minimum Gasteiger partial charge on any atom is -0.202 e. The van der Waals surface area contributed by atoms with Crippen LogP contribution in [0.25, 0.3) is 0 Å². The largest absolute Gasteiger partial charge is 0.202 e. The zero-order valence-corrected chi connectivity index (χ0v) is 19.6. The van der Waals surface area contributed by atoms with E-state index < -0.39 is 41.9 Å². The predicted octanol–water partition coefficient (Wildman–Crippen LogP) is 8.71. The number of halogens is 5. The van der Waals surface area contributed by atoms with Gasteiger partial charge in [0.15, 0.2) is 23.3 Å². The molecular formula is C26H33F5P+. The molecule has 0 bridgehead atoms. The van der Waals surface area contributed by atoms with Crippen LogP contribution in [-0.2, 0) is 0 Å². The van der Waals surface area contributed by atoms with Gasteiger partial charge in [0.25, 0.3) is 0 Å². The van der Waals surface area contributed by atoms with Gasteiger partial charge in [0.05, 0.1) is 22.6 Å². The van der Waals surface area contributed by atoms with Crippen LogP contribution in [0.3, 0.4) is 0 Å². The van der Waals surface area contributed by atoms with E-state index in [0.717, 1.165) is 77.0 Å². The molecule has 3 saturated carbocycles. The second kappa shape index (κ2) is 10.4. The lowest BCUT2D eigenvalue weighted by Crippen LogP contribution is -2.35. The van der Waals surface area contributed by atoms with E-state index in [1.807, 2.05) is 0 Å². The number of benzene rings is 1. The first-order chi connectivity index (χ1) is 15.5. The smallest absolute Gasteiger partial charge is 0.200 e. The van der Waals surface area contributed by atoms with Crippen molar-refractivity contribution in [2.75, 3.05) is 0 Å². The zero-order chi connectivity index (χ0) is 22.7. The van der Waals surface area contributed by atoms with Gasteiger partial charge in [0, 0.05) is 0 Å². The molecule has 3 fully saturated rings. The average molecular weight is 472 g/mol. The number of hydrogen-bond acceptors (Lipinski definition) is 0. The van der Waals surface area contributed by atoms with Gasteiger partial charge in [0.2, 0.25) is 5.82 Å². The number of rotatable bonds is 3. The van der Waals surface area contributed by atoms with Crippen molar-refractivity contribution in [3.05, 3.63) is 34.6 Å². The Morgan fingerprint density at radius 2 is 0.781 bits per heavy atom. The molecule has 32 heavy (non-hydrogen) atoms. The number of hydrogen-bond donors (Lipinski definition) is 0. The molecular weight excluding hydrogens is 438 g/mol. The van der Waals surface area contributed by atoms with Crippen molar-refractivity contribution in [3.8, 4) is 11.6 Å². The Labute approximate surface area is 189 Å². The van der Waals surface area contributed by atoms with Crippen LogP contribution in [0.5, 0.6) is 0 Å². The molecule has 0 aliphatic heterocycles. The van der Waals surface area contributed by atoms with E-state index in [2.05, 4.69) is 11.6 Å². The van der Waals surface area contributed by atoms with Gasteiger partial charge in [0.1, 0.15) is 12.8 Å². The molecule has 3 aliphatic rings. The third-order valence-electron chi connectivity index (χ3n) is 8.12. The molecule has 0 atom stereocenters. The summed E-state index contributed by atoms with van der Waals surface area (Å²) >= 11 is 0. The van der Waals surface area contributed by atoms with Crippen molar-refractivity contribution in [1.82, 2.24) is 0 Å². The molecule has 0 amide bonds. The first kappa shape index (κ1) is 24.0. The fraction of sp³-hybridized carbons (Fsp3) is 0.692. The van der Waals surface area contributed by atoms with Crippen LogP contribution in [-0.4, -0.2) is 17.0 Å². The molecule has 0 saturated heterocycles. The fourth-order valence-corrected chi connectivity index (χ4v) is 12.9. The topological polar surface area (TPSA) is 0 Å². The maximum atomic E-state index is 14.5. The van der Waals surface area contributed by atoms with Gasteiger partial charge in [-0.25, -0.2) is 22.0 Å². The molecule has 0 heterocycles. The summed E-state index contributed by atoms with van der Waals surface area (Å²) in [6, 6.07) is 0. The summed E-state index contributed by atoms with van der Waals surface area (Å²) in [5.41, 5.74) is 3.83. The average Bonchev–Trinajstić information content (AvgIpc) is 2.85. The van der Waals surface area contributed by atoms with Crippen LogP contribution < -0.4 is 0 Å². The molecule has 0 unspecified atom stereocenters. The highest BCUT2D eigenvalue weighted by atomic mass is 31.2. The summed E-state index contributed by atoms with van der Waals surface area (Å²) in [6.07, 6.45) is 17.0. The minimum absolute atomic E-state index is 0.441. The van der Waals surface area contributed by atoms with Crippen molar-refractivity contribution >= 4 is 7.26 Å². The van der Waals surface area contributed by atoms with Gasteiger partial charge < -0.3 is 0 Å². The van der Waals surface area contributed by atoms with Gasteiger partial charge in [-0.05, 0) is 83.0 Å². The lowest BCUT2D eigenvalue weighted by Gasteiger charge is -2.45. The maximum Gasteiger partial charge on any atom is 0.200 e. The summed E-state index contributed by atoms with van der Waals surface area (Å²) in [6.45, 7) is 0. The molecule has 1 aromatic rings. The normalized spacial score (nSPS) is 21.9. The fourth-order valence-electron chi connectivity index (χ4n) is 6.56. The molecule has 6 heteroatoms. The van der Waals surface area contributed by atoms with Crippen LogP contribution in [0.4, 0.5) is 22.0 Å². The van der Waals surface area contributed by atoms with Crippen LogP contribution in [0.15, 0.2) is 0 Å².